The molecular formula is C23H26N2O3. The van der Waals surface area contributed by atoms with Crippen molar-refractivity contribution >= 4 is 17.7 Å². The first-order chi connectivity index (χ1) is 13.6. The first-order valence-electron chi connectivity index (χ1n) is 9.92. The van der Waals surface area contributed by atoms with E-state index in [0.29, 0.717) is 24.1 Å². The monoisotopic (exact) mass is 378 g/mol. The van der Waals surface area contributed by atoms with Gasteiger partial charge in [-0.25, -0.2) is 0 Å². The average molecular weight is 378 g/mol. The molecule has 3 rings (SSSR count). The molecule has 0 saturated carbocycles. The van der Waals surface area contributed by atoms with Gasteiger partial charge in [0.2, 0.25) is 5.91 Å². The van der Waals surface area contributed by atoms with Crippen molar-refractivity contribution in [2.24, 2.45) is 0 Å². The number of carbonyl (C=O) groups is 3. The van der Waals surface area contributed by atoms with E-state index in [2.05, 4.69) is 12.2 Å². The van der Waals surface area contributed by atoms with Gasteiger partial charge in [0.25, 0.3) is 11.8 Å². The number of nitrogens with one attached hydrogen (secondary N) is 1. The third kappa shape index (κ3) is 4.30. The molecular weight excluding hydrogens is 352 g/mol. The molecule has 1 aliphatic heterocycles. The molecule has 146 valence electrons. The number of nitrogens with zero attached hydrogens (tertiary/aromatic N) is 1. The summed E-state index contributed by atoms with van der Waals surface area (Å²) in [5.41, 5.74) is 1.63. The van der Waals surface area contributed by atoms with Crippen molar-refractivity contribution in [3.8, 4) is 0 Å². The number of amides is 3. The molecule has 28 heavy (non-hydrogen) atoms. The van der Waals surface area contributed by atoms with Crippen LogP contribution in [0.4, 0.5) is 0 Å². The first-order valence-corrected chi connectivity index (χ1v) is 9.92. The second kappa shape index (κ2) is 9.31. The molecule has 3 amide bonds. The van der Waals surface area contributed by atoms with E-state index >= 15 is 0 Å². The minimum atomic E-state index is -0.860. The Kier molecular flexibility index (Phi) is 6.58. The van der Waals surface area contributed by atoms with Crippen molar-refractivity contribution in [2.45, 2.75) is 45.1 Å². The van der Waals surface area contributed by atoms with Crippen LogP contribution in [-0.4, -0.2) is 35.2 Å². The number of hydrogen-bond acceptors (Lipinski definition) is 3. The van der Waals surface area contributed by atoms with Crippen LogP contribution >= 0.6 is 0 Å². The molecule has 0 radical (unpaired) electrons. The molecule has 1 aliphatic rings. The van der Waals surface area contributed by atoms with Crippen LogP contribution in [0.3, 0.4) is 0 Å². The molecule has 0 bridgehead atoms. The fraction of sp³-hybridized carbons (Fsp3) is 0.348. The topological polar surface area (TPSA) is 66.5 Å². The lowest BCUT2D eigenvalue weighted by Crippen LogP contribution is -2.50. The van der Waals surface area contributed by atoms with E-state index in [9.17, 15) is 14.4 Å². The zero-order valence-electron chi connectivity index (χ0n) is 16.2. The first kappa shape index (κ1) is 19.8. The number of imide groups is 1. The maximum atomic E-state index is 13.0. The molecule has 0 saturated heterocycles. The van der Waals surface area contributed by atoms with Gasteiger partial charge in [0.05, 0.1) is 11.1 Å². The summed E-state index contributed by atoms with van der Waals surface area (Å²) < 4.78 is 0. The summed E-state index contributed by atoms with van der Waals surface area (Å²) >= 11 is 0. The molecule has 5 heteroatoms. The van der Waals surface area contributed by atoms with Crippen molar-refractivity contribution in [1.82, 2.24) is 10.2 Å². The molecule has 0 fully saturated rings. The van der Waals surface area contributed by atoms with E-state index in [0.717, 1.165) is 36.1 Å². The summed E-state index contributed by atoms with van der Waals surface area (Å²) in [4.78, 5) is 39.8. The number of carbonyl (C=O) groups excluding carboxylic acids is 3. The number of hydrogen-bond donors (Lipinski definition) is 1. The lowest BCUT2D eigenvalue weighted by molar-refractivity contribution is -0.125. The average Bonchev–Trinajstić information content (AvgIpc) is 2.97. The molecule has 5 nitrogen and oxygen atoms in total. The second-order valence-electron chi connectivity index (χ2n) is 7.08. The van der Waals surface area contributed by atoms with E-state index in [1.807, 2.05) is 30.3 Å². The second-order valence-corrected chi connectivity index (χ2v) is 7.08. The van der Waals surface area contributed by atoms with Gasteiger partial charge in [0.1, 0.15) is 6.04 Å². The summed E-state index contributed by atoms with van der Waals surface area (Å²) in [6, 6.07) is 15.3. The van der Waals surface area contributed by atoms with Crippen molar-refractivity contribution in [2.75, 3.05) is 6.54 Å². The third-order valence-corrected chi connectivity index (χ3v) is 5.04. The van der Waals surface area contributed by atoms with Crippen LogP contribution in [0.15, 0.2) is 54.6 Å². The predicted molar refractivity (Wildman–Crippen MR) is 108 cm³/mol. The molecule has 2 aromatic carbocycles. The van der Waals surface area contributed by atoms with E-state index in [1.54, 1.807) is 24.3 Å². The zero-order chi connectivity index (χ0) is 19.9. The maximum Gasteiger partial charge on any atom is 0.262 e. The van der Waals surface area contributed by atoms with Gasteiger partial charge >= 0.3 is 0 Å². The smallest absolute Gasteiger partial charge is 0.262 e. The molecule has 0 aromatic heterocycles. The minimum absolute atomic E-state index is 0.283. The Balaban J connectivity index is 1.79. The van der Waals surface area contributed by atoms with Gasteiger partial charge in [-0.1, -0.05) is 68.7 Å². The highest BCUT2D eigenvalue weighted by molar-refractivity contribution is 6.22. The van der Waals surface area contributed by atoms with E-state index < -0.39 is 17.9 Å². The molecule has 1 heterocycles. The van der Waals surface area contributed by atoms with Gasteiger partial charge in [-0.15, -0.1) is 0 Å². The SMILES string of the molecule is CCCCCCNC(=O)[C@H](Cc1ccccc1)N1C(=O)c2ccccc2C1=O. The summed E-state index contributed by atoms with van der Waals surface area (Å²) in [5, 5.41) is 2.92. The highest BCUT2D eigenvalue weighted by Gasteiger charge is 2.42. The molecule has 0 aliphatic carbocycles. The lowest BCUT2D eigenvalue weighted by Gasteiger charge is -2.25. The standard InChI is InChI=1S/C23H26N2O3/c1-2-3-4-10-15-24-21(26)20(16-17-11-6-5-7-12-17)25-22(27)18-13-8-9-14-19(18)23(25)28/h5-9,11-14,20H,2-4,10,15-16H2,1H3,(H,24,26)/t20-/m0/s1. The van der Waals surface area contributed by atoms with Crippen LogP contribution in [0.1, 0.15) is 58.9 Å². The number of fused-ring (bicyclic) bond motifs is 1. The number of unbranched alkanes of at least 4 members (excludes halogenated alkanes) is 3. The van der Waals surface area contributed by atoms with E-state index in [1.165, 1.54) is 0 Å². The lowest BCUT2D eigenvalue weighted by atomic mass is 10.0. The third-order valence-electron chi connectivity index (χ3n) is 5.04. The van der Waals surface area contributed by atoms with Crippen LogP contribution in [0.5, 0.6) is 0 Å². The van der Waals surface area contributed by atoms with E-state index in [4.69, 9.17) is 0 Å². The van der Waals surface area contributed by atoms with Gasteiger partial charge in [-0.2, -0.15) is 0 Å². The fourth-order valence-electron chi connectivity index (χ4n) is 3.51. The minimum Gasteiger partial charge on any atom is -0.354 e. The Bertz CT molecular complexity index is 813. The Morgan fingerprint density at radius 1 is 0.893 bits per heavy atom. The molecule has 1 N–H and O–H groups in total. The Morgan fingerprint density at radius 2 is 1.50 bits per heavy atom. The van der Waals surface area contributed by atoms with E-state index in [-0.39, 0.29) is 5.91 Å². The zero-order valence-corrected chi connectivity index (χ0v) is 16.2. The van der Waals surface area contributed by atoms with Gasteiger partial charge in [-0.3, -0.25) is 19.3 Å². The highest BCUT2D eigenvalue weighted by Crippen LogP contribution is 2.26. The summed E-state index contributed by atoms with van der Waals surface area (Å²) in [6.07, 6.45) is 4.49. The van der Waals surface area contributed by atoms with Crippen molar-refractivity contribution in [3.05, 3.63) is 71.3 Å². The van der Waals surface area contributed by atoms with Gasteiger partial charge in [0, 0.05) is 13.0 Å². The normalized spacial score (nSPS) is 14.1. The quantitative estimate of drug-likeness (QED) is 0.536. The summed E-state index contributed by atoms with van der Waals surface area (Å²) in [7, 11) is 0. The van der Waals surface area contributed by atoms with Gasteiger partial charge in [0.15, 0.2) is 0 Å². The molecule has 2 aromatic rings. The molecule has 0 spiro atoms. The van der Waals surface area contributed by atoms with Gasteiger partial charge in [-0.05, 0) is 24.1 Å². The number of rotatable bonds is 9. The largest absolute Gasteiger partial charge is 0.354 e. The van der Waals surface area contributed by atoms with Crippen molar-refractivity contribution in [3.63, 3.8) is 0 Å². The Labute approximate surface area is 165 Å². The van der Waals surface area contributed by atoms with Crippen LogP contribution in [0.2, 0.25) is 0 Å². The van der Waals surface area contributed by atoms with Crippen molar-refractivity contribution in [1.29, 1.82) is 0 Å². The summed E-state index contributed by atoms with van der Waals surface area (Å²) in [5.74, 6) is -1.08. The molecule has 1 atom stereocenters. The van der Waals surface area contributed by atoms with Crippen molar-refractivity contribution < 1.29 is 14.4 Å². The Hall–Kier alpha value is -2.95. The van der Waals surface area contributed by atoms with Crippen LogP contribution < -0.4 is 5.32 Å². The predicted octanol–water partition coefficient (Wildman–Crippen LogP) is 3.59. The fourth-order valence-corrected chi connectivity index (χ4v) is 3.51. The van der Waals surface area contributed by atoms with Crippen LogP contribution in [-0.2, 0) is 11.2 Å². The van der Waals surface area contributed by atoms with Crippen LogP contribution in [0.25, 0.3) is 0 Å². The van der Waals surface area contributed by atoms with Gasteiger partial charge < -0.3 is 5.32 Å². The maximum absolute atomic E-state index is 13.0. The molecule has 0 unspecified atom stereocenters. The Morgan fingerprint density at radius 3 is 2.11 bits per heavy atom. The number of benzene rings is 2. The highest BCUT2D eigenvalue weighted by atomic mass is 16.2. The van der Waals surface area contributed by atoms with Crippen LogP contribution in [0, 0.1) is 0 Å². The summed E-state index contributed by atoms with van der Waals surface area (Å²) in [6.45, 7) is 2.68.